The molecule has 2 rings (SSSR count). The van der Waals surface area contributed by atoms with Crippen LogP contribution in [0, 0.1) is 0 Å². The van der Waals surface area contributed by atoms with E-state index < -0.39 is 0 Å². The van der Waals surface area contributed by atoms with Crippen molar-refractivity contribution in [2.45, 2.75) is 45.1 Å². The van der Waals surface area contributed by atoms with Gasteiger partial charge in [0.05, 0.1) is 12.5 Å². The van der Waals surface area contributed by atoms with Gasteiger partial charge in [0.25, 0.3) is 0 Å². The van der Waals surface area contributed by atoms with E-state index >= 15 is 0 Å². The molecular weight excluding hydrogens is 180 g/mol. The molecule has 0 spiro atoms. The minimum Gasteiger partial charge on any atom is -0.378 e. The van der Waals surface area contributed by atoms with Gasteiger partial charge in [0, 0.05) is 12.5 Å². The Morgan fingerprint density at radius 2 is 2.36 bits per heavy atom. The molecule has 0 radical (unpaired) electrons. The topological polar surface area (TPSA) is 48.2 Å². The van der Waals surface area contributed by atoms with E-state index in [0.717, 1.165) is 31.7 Å². The van der Waals surface area contributed by atoms with Gasteiger partial charge in [-0.1, -0.05) is 19.0 Å². The Hall–Kier alpha value is -0.900. The van der Waals surface area contributed by atoms with Crippen molar-refractivity contribution in [2.75, 3.05) is 6.61 Å². The van der Waals surface area contributed by atoms with Gasteiger partial charge in [0.1, 0.15) is 0 Å². The third-order valence-electron chi connectivity index (χ3n) is 2.43. The number of hydrogen-bond donors (Lipinski definition) is 0. The van der Waals surface area contributed by atoms with Gasteiger partial charge in [0.15, 0.2) is 5.82 Å². The first-order valence-corrected chi connectivity index (χ1v) is 5.20. The Balaban J connectivity index is 1.95. The normalized spacial score (nSPS) is 22.1. The molecule has 1 atom stereocenters. The van der Waals surface area contributed by atoms with Gasteiger partial charge >= 0.3 is 0 Å². The lowest BCUT2D eigenvalue weighted by molar-refractivity contribution is 0.104. The molecule has 0 saturated carbocycles. The molecule has 1 saturated heterocycles. The summed E-state index contributed by atoms with van der Waals surface area (Å²) >= 11 is 0. The van der Waals surface area contributed by atoms with E-state index in [1.807, 2.05) is 0 Å². The van der Waals surface area contributed by atoms with Crippen molar-refractivity contribution >= 4 is 0 Å². The summed E-state index contributed by atoms with van der Waals surface area (Å²) in [6, 6.07) is 0. The summed E-state index contributed by atoms with van der Waals surface area (Å²) in [5.74, 6) is 1.83. The highest BCUT2D eigenvalue weighted by atomic mass is 16.5. The van der Waals surface area contributed by atoms with Crippen molar-refractivity contribution < 1.29 is 9.26 Å². The Morgan fingerprint density at radius 1 is 1.50 bits per heavy atom. The van der Waals surface area contributed by atoms with Gasteiger partial charge in [-0.3, -0.25) is 0 Å². The molecule has 1 aromatic rings. The van der Waals surface area contributed by atoms with Crippen LogP contribution < -0.4 is 0 Å². The lowest BCUT2D eigenvalue weighted by Gasteiger charge is -2.03. The molecule has 14 heavy (non-hydrogen) atoms. The number of rotatable bonds is 3. The average Bonchev–Trinajstić information content (AvgIpc) is 2.75. The number of ether oxygens (including phenoxy) is 1. The zero-order valence-corrected chi connectivity index (χ0v) is 8.69. The Bertz CT molecular complexity index is 290. The highest BCUT2D eigenvalue weighted by Gasteiger charge is 2.19. The van der Waals surface area contributed by atoms with Crippen LogP contribution in [0.15, 0.2) is 4.52 Å². The fourth-order valence-corrected chi connectivity index (χ4v) is 1.59. The maximum absolute atomic E-state index is 5.50. The van der Waals surface area contributed by atoms with Crippen LogP contribution in [0.1, 0.15) is 44.3 Å². The highest BCUT2D eigenvalue weighted by Crippen LogP contribution is 2.17. The van der Waals surface area contributed by atoms with Crippen molar-refractivity contribution in [1.82, 2.24) is 10.1 Å². The molecule has 0 aliphatic carbocycles. The molecule has 78 valence electrons. The number of hydrogen-bond acceptors (Lipinski definition) is 4. The largest absolute Gasteiger partial charge is 0.378 e. The molecule has 0 aromatic carbocycles. The average molecular weight is 196 g/mol. The maximum atomic E-state index is 5.50. The summed E-state index contributed by atoms with van der Waals surface area (Å²) in [7, 11) is 0. The van der Waals surface area contributed by atoms with E-state index in [2.05, 4.69) is 24.0 Å². The second kappa shape index (κ2) is 4.09. The number of aromatic nitrogens is 2. The molecule has 0 bridgehead atoms. The van der Waals surface area contributed by atoms with E-state index in [-0.39, 0.29) is 6.10 Å². The maximum Gasteiger partial charge on any atom is 0.229 e. The first-order valence-electron chi connectivity index (χ1n) is 5.20. The smallest absolute Gasteiger partial charge is 0.229 e. The molecule has 2 heterocycles. The van der Waals surface area contributed by atoms with Gasteiger partial charge in [-0.15, -0.1) is 0 Å². The van der Waals surface area contributed by atoms with Crippen molar-refractivity contribution in [1.29, 1.82) is 0 Å². The number of nitrogens with zero attached hydrogens (tertiary/aromatic N) is 2. The summed E-state index contributed by atoms with van der Waals surface area (Å²) in [6.07, 6.45) is 3.31. The minimum absolute atomic E-state index is 0.287. The Labute approximate surface area is 83.6 Å². The van der Waals surface area contributed by atoms with Crippen molar-refractivity contribution in [3.63, 3.8) is 0 Å². The second-order valence-electron chi connectivity index (χ2n) is 4.04. The van der Waals surface area contributed by atoms with E-state index in [1.165, 1.54) is 0 Å². The quantitative estimate of drug-likeness (QED) is 0.741. The first-order chi connectivity index (χ1) is 6.75. The van der Waals surface area contributed by atoms with Crippen LogP contribution in [0.4, 0.5) is 0 Å². The van der Waals surface area contributed by atoms with E-state index in [0.29, 0.717) is 11.8 Å². The van der Waals surface area contributed by atoms with Crippen molar-refractivity contribution in [3.05, 3.63) is 11.7 Å². The lowest BCUT2D eigenvalue weighted by atomic mass is 10.2. The first kappa shape index (κ1) is 9.65. The van der Waals surface area contributed by atoms with Crippen LogP contribution in [0.2, 0.25) is 0 Å². The van der Waals surface area contributed by atoms with Crippen LogP contribution in [-0.2, 0) is 11.2 Å². The van der Waals surface area contributed by atoms with Gasteiger partial charge in [-0.25, -0.2) is 0 Å². The van der Waals surface area contributed by atoms with Gasteiger partial charge in [-0.2, -0.15) is 4.98 Å². The van der Waals surface area contributed by atoms with Gasteiger partial charge in [0.2, 0.25) is 5.89 Å². The molecule has 1 aromatic heterocycles. The van der Waals surface area contributed by atoms with Crippen molar-refractivity contribution in [2.24, 2.45) is 0 Å². The molecule has 0 N–H and O–H groups in total. The third-order valence-corrected chi connectivity index (χ3v) is 2.43. The van der Waals surface area contributed by atoms with E-state index in [4.69, 9.17) is 9.26 Å². The van der Waals surface area contributed by atoms with Crippen LogP contribution in [-0.4, -0.2) is 22.9 Å². The highest BCUT2D eigenvalue weighted by molar-refractivity contribution is 4.93. The predicted molar refractivity (Wildman–Crippen MR) is 51.1 cm³/mol. The molecule has 1 aliphatic rings. The van der Waals surface area contributed by atoms with Gasteiger partial charge < -0.3 is 9.26 Å². The molecule has 4 nitrogen and oxygen atoms in total. The standard InChI is InChI=1S/C10H16N2O2/c1-7(2)10-11-9(14-12-10)6-8-4-3-5-13-8/h7-8H,3-6H2,1-2H3. The predicted octanol–water partition coefficient (Wildman–Crippen LogP) is 1.91. The monoisotopic (exact) mass is 196 g/mol. The molecular formula is C10H16N2O2. The fourth-order valence-electron chi connectivity index (χ4n) is 1.59. The summed E-state index contributed by atoms with van der Waals surface area (Å²) in [5, 5.41) is 3.92. The van der Waals surface area contributed by atoms with Crippen molar-refractivity contribution in [3.8, 4) is 0 Å². The summed E-state index contributed by atoms with van der Waals surface area (Å²) in [4.78, 5) is 4.32. The second-order valence-corrected chi connectivity index (χ2v) is 4.04. The third kappa shape index (κ3) is 2.12. The zero-order chi connectivity index (χ0) is 9.97. The van der Waals surface area contributed by atoms with Crippen LogP contribution >= 0.6 is 0 Å². The summed E-state index contributed by atoms with van der Waals surface area (Å²) in [6.45, 7) is 4.98. The van der Waals surface area contributed by atoms with Crippen LogP contribution in [0.5, 0.6) is 0 Å². The molecule has 4 heteroatoms. The Kier molecular flexibility index (Phi) is 2.82. The summed E-state index contributed by atoms with van der Waals surface area (Å²) in [5.41, 5.74) is 0. The van der Waals surface area contributed by atoms with Gasteiger partial charge in [-0.05, 0) is 12.8 Å². The zero-order valence-electron chi connectivity index (χ0n) is 8.69. The lowest BCUT2D eigenvalue weighted by Crippen LogP contribution is -2.09. The summed E-state index contributed by atoms with van der Waals surface area (Å²) < 4.78 is 10.6. The molecule has 1 unspecified atom stereocenters. The molecule has 1 fully saturated rings. The van der Waals surface area contributed by atoms with Crippen LogP contribution in [0.3, 0.4) is 0 Å². The van der Waals surface area contributed by atoms with E-state index in [9.17, 15) is 0 Å². The minimum atomic E-state index is 0.287. The molecule has 1 aliphatic heterocycles. The Morgan fingerprint density at radius 3 is 2.93 bits per heavy atom. The van der Waals surface area contributed by atoms with E-state index in [1.54, 1.807) is 0 Å². The van der Waals surface area contributed by atoms with Crippen LogP contribution in [0.25, 0.3) is 0 Å². The fraction of sp³-hybridized carbons (Fsp3) is 0.800. The molecule has 0 amide bonds. The SMILES string of the molecule is CC(C)c1noc(CC2CCCO2)n1.